The van der Waals surface area contributed by atoms with E-state index in [1.54, 1.807) is 7.11 Å². The molecule has 0 aromatic heterocycles. The fourth-order valence-electron chi connectivity index (χ4n) is 2.50. The Kier molecular flexibility index (Phi) is 3.81. The lowest BCUT2D eigenvalue weighted by molar-refractivity contribution is 0.413. The van der Waals surface area contributed by atoms with E-state index in [1.807, 2.05) is 6.07 Å². The van der Waals surface area contributed by atoms with E-state index in [-0.39, 0.29) is 5.54 Å². The summed E-state index contributed by atoms with van der Waals surface area (Å²) < 4.78 is 5.32. The Balaban J connectivity index is 2.28. The number of rotatable bonds is 2. The summed E-state index contributed by atoms with van der Waals surface area (Å²) in [5, 5.41) is 3.59. The molecular weight excluding hydrogens is 224 g/mol. The molecule has 18 heavy (non-hydrogen) atoms. The number of nitrogens with one attached hydrogen (secondary N) is 1. The van der Waals surface area contributed by atoms with Gasteiger partial charge in [0, 0.05) is 36.4 Å². The van der Waals surface area contributed by atoms with Gasteiger partial charge in [0.1, 0.15) is 5.75 Å². The van der Waals surface area contributed by atoms with Crippen LogP contribution in [0.3, 0.4) is 0 Å². The molecule has 1 atom stereocenters. The molecular formula is C15H24N2O. The third-order valence-electron chi connectivity index (χ3n) is 3.76. The van der Waals surface area contributed by atoms with Crippen LogP contribution in [-0.4, -0.2) is 31.8 Å². The molecule has 3 nitrogen and oxygen atoms in total. The molecule has 1 unspecified atom stereocenters. The molecule has 0 bridgehead atoms. The molecule has 0 saturated carbocycles. The molecule has 1 heterocycles. The smallest absolute Gasteiger partial charge is 0.120 e. The minimum atomic E-state index is 0.122. The first-order chi connectivity index (χ1) is 8.53. The van der Waals surface area contributed by atoms with Crippen molar-refractivity contribution in [3.05, 3.63) is 24.3 Å². The predicted octanol–water partition coefficient (Wildman–Crippen LogP) is 2.66. The number of ether oxygens (including phenoxy) is 1. The molecule has 1 aliphatic rings. The van der Waals surface area contributed by atoms with Crippen LogP contribution in [0.2, 0.25) is 0 Å². The molecule has 1 aromatic rings. The van der Waals surface area contributed by atoms with Gasteiger partial charge in [-0.15, -0.1) is 0 Å². The van der Waals surface area contributed by atoms with Crippen molar-refractivity contribution in [2.24, 2.45) is 0 Å². The van der Waals surface area contributed by atoms with E-state index in [4.69, 9.17) is 4.74 Å². The van der Waals surface area contributed by atoms with E-state index in [0.717, 1.165) is 18.8 Å². The molecule has 0 spiro atoms. The second-order valence-electron chi connectivity index (χ2n) is 5.74. The largest absolute Gasteiger partial charge is 0.497 e. The van der Waals surface area contributed by atoms with Gasteiger partial charge in [-0.25, -0.2) is 0 Å². The van der Waals surface area contributed by atoms with E-state index in [2.05, 4.69) is 49.2 Å². The van der Waals surface area contributed by atoms with Gasteiger partial charge in [0.2, 0.25) is 0 Å². The van der Waals surface area contributed by atoms with Crippen molar-refractivity contribution in [2.75, 3.05) is 25.1 Å². The van der Waals surface area contributed by atoms with Crippen molar-refractivity contribution in [3.8, 4) is 5.75 Å². The van der Waals surface area contributed by atoms with Crippen LogP contribution in [0.5, 0.6) is 5.75 Å². The van der Waals surface area contributed by atoms with Gasteiger partial charge in [-0.2, -0.15) is 0 Å². The minimum Gasteiger partial charge on any atom is -0.497 e. The fraction of sp³-hybridized carbons (Fsp3) is 0.600. The summed E-state index contributed by atoms with van der Waals surface area (Å²) in [6, 6.07) is 8.93. The first-order valence-corrected chi connectivity index (χ1v) is 6.68. The zero-order chi connectivity index (χ0) is 13.2. The molecule has 1 saturated heterocycles. The number of methoxy groups -OCH3 is 1. The van der Waals surface area contributed by atoms with E-state index in [1.165, 1.54) is 12.1 Å². The van der Waals surface area contributed by atoms with Gasteiger partial charge in [-0.1, -0.05) is 6.07 Å². The third-order valence-corrected chi connectivity index (χ3v) is 3.76. The van der Waals surface area contributed by atoms with Gasteiger partial charge in [0.05, 0.1) is 7.11 Å². The van der Waals surface area contributed by atoms with Crippen LogP contribution in [0.25, 0.3) is 0 Å². The van der Waals surface area contributed by atoms with Gasteiger partial charge >= 0.3 is 0 Å². The van der Waals surface area contributed by atoms with Crippen LogP contribution in [-0.2, 0) is 0 Å². The summed E-state index contributed by atoms with van der Waals surface area (Å²) >= 11 is 0. The normalized spacial score (nSPS) is 23.6. The average molecular weight is 248 g/mol. The third kappa shape index (κ3) is 2.78. The quantitative estimate of drug-likeness (QED) is 0.871. The SMILES string of the molecule is COc1cccc(N2CCC(C)NCC2(C)C)c1. The molecule has 100 valence electrons. The molecule has 1 aliphatic heterocycles. The minimum absolute atomic E-state index is 0.122. The number of anilines is 1. The Morgan fingerprint density at radius 2 is 2.17 bits per heavy atom. The van der Waals surface area contributed by atoms with E-state index in [0.29, 0.717) is 6.04 Å². The first kappa shape index (κ1) is 13.2. The molecule has 1 fully saturated rings. The molecule has 1 aromatic carbocycles. The van der Waals surface area contributed by atoms with Gasteiger partial charge in [0.15, 0.2) is 0 Å². The van der Waals surface area contributed by atoms with Gasteiger partial charge in [-0.05, 0) is 39.3 Å². The van der Waals surface area contributed by atoms with Crippen LogP contribution in [0.15, 0.2) is 24.3 Å². The monoisotopic (exact) mass is 248 g/mol. The Hall–Kier alpha value is -1.22. The standard InChI is InChI=1S/C15H24N2O/c1-12-8-9-17(15(2,3)11-16-12)13-6-5-7-14(10-13)18-4/h5-7,10,12,16H,8-9,11H2,1-4H3. The highest BCUT2D eigenvalue weighted by molar-refractivity contribution is 5.53. The highest BCUT2D eigenvalue weighted by atomic mass is 16.5. The summed E-state index contributed by atoms with van der Waals surface area (Å²) in [5.74, 6) is 0.925. The predicted molar refractivity (Wildman–Crippen MR) is 76.5 cm³/mol. The summed E-state index contributed by atoms with van der Waals surface area (Å²) in [6.45, 7) is 8.92. The summed E-state index contributed by atoms with van der Waals surface area (Å²) in [5.41, 5.74) is 1.37. The zero-order valence-corrected chi connectivity index (χ0v) is 11.9. The van der Waals surface area contributed by atoms with E-state index < -0.39 is 0 Å². The van der Waals surface area contributed by atoms with Crippen molar-refractivity contribution in [2.45, 2.75) is 38.8 Å². The van der Waals surface area contributed by atoms with Crippen molar-refractivity contribution in [1.29, 1.82) is 0 Å². The van der Waals surface area contributed by atoms with Crippen LogP contribution in [0, 0.1) is 0 Å². The van der Waals surface area contributed by atoms with Crippen LogP contribution < -0.4 is 15.0 Å². The number of benzene rings is 1. The first-order valence-electron chi connectivity index (χ1n) is 6.68. The maximum Gasteiger partial charge on any atom is 0.120 e. The lowest BCUT2D eigenvalue weighted by atomic mass is 10.0. The molecule has 2 rings (SSSR count). The van der Waals surface area contributed by atoms with Gasteiger partial charge < -0.3 is 15.0 Å². The lowest BCUT2D eigenvalue weighted by Crippen LogP contribution is -2.49. The van der Waals surface area contributed by atoms with Crippen LogP contribution >= 0.6 is 0 Å². The Morgan fingerprint density at radius 3 is 2.89 bits per heavy atom. The van der Waals surface area contributed by atoms with Gasteiger partial charge in [-0.3, -0.25) is 0 Å². The Morgan fingerprint density at radius 1 is 1.39 bits per heavy atom. The topological polar surface area (TPSA) is 24.5 Å². The second-order valence-corrected chi connectivity index (χ2v) is 5.74. The highest BCUT2D eigenvalue weighted by Gasteiger charge is 2.30. The Labute approximate surface area is 110 Å². The number of hydrogen-bond acceptors (Lipinski definition) is 3. The number of hydrogen-bond donors (Lipinski definition) is 1. The highest BCUT2D eigenvalue weighted by Crippen LogP contribution is 2.29. The van der Waals surface area contributed by atoms with Crippen LogP contribution in [0.4, 0.5) is 5.69 Å². The maximum atomic E-state index is 5.32. The van der Waals surface area contributed by atoms with Crippen LogP contribution in [0.1, 0.15) is 27.2 Å². The average Bonchev–Trinajstić information content (AvgIpc) is 2.49. The van der Waals surface area contributed by atoms with E-state index in [9.17, 15) is 0 Å². The zero-order valence-electron chi connectivity index (χ0n) is 11.9. The summed E-state index contributed by atoms with van der Waals surface area (Å²) in [6.07, 6.45) is 1.17. The summed E-state index contributed by atoms with van der Waals surface area (Å²) in [7, 11) is 1.72. The molecule has 3 heteroatoms. The molecule has 0 radical (unpaired) electrons. The molecule has 0 aliphatic carbocycles. The van der Waals surface area contributed by atoms with Crippen molar-refractivity contribution in [3.63, 3.8) is 0 Å². The van der Waals surface area contributed by atoms with E-state index >= 15 is 0 Å². The number of nitrogens with zero attached hydrogens (tertiary/aromatic N) is 1. The maximum absolute atomic E-state index is 5.32. The van der Waals surface area contributed by atoms with Gasteiger partial charge in [0.25, 0.3) is 0 Å². The van der Waals surface area contributed by atoms with Crippen molar-refractivity contribution >= 4 is 5.69 Å². The molecule has 1 N–H and O–H groups in total. The molecule has 0 amide bonds. The van der Waals surface area contributed by atoms with Crippen molar-refractivity contribution < 1.29 is 4.74 Å². The lowest BCUT2D eigenvalue weighted by Gasteiger charge is -2.39. The fourth-order valence-corrected chi connectivity index (χ4v) is 2.50. The second kappa shape index (κ2) is 5.19. The summed E-state index contributed by atoms with van der Waals surface area (Å²) in [4.78, 5) is 2.48. The Bertz CT molecular complexity index is 403. The van der Waals surface area contributed by atoms with Crippen molar-refractivity contribution in [1.82, 2.24) is 5.32 Å².